The Labute approximate surface area is 89.5 Å². The summed E-state index contributed by atoms with van der Waals surface area (Å²) in [5.41, 5.74) is 2.27. The lowest BCUT2D eigenvalue weighted by atomic mass is 10.1. The summed E-state index contributed by atoms with van der Waals surface area (Å²) in [4.78, 5) is 11.3. The SMILES string of the molecule is CC(=O)c1c(C)nn(CC(C)C#N)c1C. The standard InChI is InChI=1S/C11H15N3O/c1-7(5-12)6-14-9(3)11(10(4)15)8(2)13-14/h7H,6H2,1-4H3. The lowest BCUT2D eigenvalue weighted by Crippen LogP contribution is -2.09. The van der Waals surface area contributed by atoms with Crippen LogP contribution in [0.5, 0.6) is 0 Å². The van der Waals surface area contributed by atoms with Crippen LogP contribution in [0.25, 0.3) is 0 Å². The van der Waals surface area contributed by atoms with Gasteiger partial charge in [-0.1, -0.05) is 0 Å². The van der Waals surface area contributed by atoms with E-state index in [4.69, 9.17) is 5.26 Å². The molecule has 1 unspecified atom stereocenters. The molecule has 0 bridgehead atoms. The Hall–Kier alpha value is -1.63. The Balaban J connectivity index is 3.08. The molecule has 0 saturated heterocycles. The van der Waals surface area contributed by atoms with Gasteiger partial charge >= 0.3 is 0 Å². The molecular formula is C11H15N3O. The van der Waals surface area contributed by atoms with Crippen molar-refractivity contribution in [3.05, 3.63) is 17.0 Å². The maximum atomic E-state index is 11.3. The van der Waals surface area contributed by atoms with Gasteiger partial charge in [0.2, 0.25) is 0 Å². The normalized spacial score (nSPS) is 12.2. The average Bonchev–Trinajstić information content (AvgIpc) is 2.41. The third-order valence-corrected chi connectivity index (χ3v) is 2.40. The molecule has 0 radical (unpaired) electrons. The van der Waals surface area contributed by atoms with Crippen LogP contribution in [-0.4, -0.2) is 15.6 Å². The number of Topliss-reactive ketones (excluding diaryl/α,β-unsaturated/α-hetero) is 1. The quantitative estimate of drug-likeness (QED) is 0.708. The van der Waals surface area contributed by atoms with Crippen molar-refractivity contribution in [2.24, 2.45) is 5.92 Å². The van der Waals surface area contributed by atoms with Gasteiger partial charge in [-0.3, -0.25) is 9.48 Å². The van der Waals surface area contributed by atoms with Crippen molar-refractivity contribution in [2.45, 2.75) is 34.2 Å². The van der Waals surface area contributed by atoms with Crippen molar-refractivity contribution >= 4 is 5.78 Å². The minimum absolute atomic E-state index is 0.0286. The summed E-state index contributed by atoms with van der Waals surface area (Å²) in [6.45, 7) is 7.59. The number of hydrogen-bond acceptors (Lipinski definition) is 3. The zero-order valence-corrected chi connectivity index (χ0v) is 9.53. The van der Waals surface area contributed by atoms with Crippen molar-refractivity contribution in [1.82, 2.24) is 9.78 Å². The molecule has 0 fully saturated rings. The van der Waals surface area contributed by atoms with E-state index in [-0.39, 0.29) is 11.7 Å². The van der Waals surface area contributed by atoms with Gasteiger partial charge in [-0.15, -0.1) is 0 Å². The molecule has 80 valence electrons. The van der Waals surface area contributed by atoms with E-state index in [1.165, 1.54) is 6.92 Å². The van der Waals surface area contributed by atoms with Gasteiger partial charge in [0.05, 0.1) is 29.8 Å². The second-order valence-electron chi connectivity index (χ2n) is 3.81. The number of nitriles is 1. The van der Waals surface area contributed by atoms with Crippen molar-refractivity contribution in [3.63, 3.8) is 0 Å². The number of hydrogen-bond donors (Lipinski definition) is 0. The number of aryl methyl sites for hydroxylation is 1. The summed E-state index contributed by atoms with van der Waals surface area (Å²) < 4.78 is 1.74. The van der Waals surface area contributed by atoms with Crippen molar-refractivity contribution in [2.75, 3.05) is 0 Å². The molecule has 0 amide bonds. The predicted octanol–water partition coefficient (Wildman–Crippen LogP) is 1.86. The van der Waals surface area contributed by atoms with Gasteiger partial charge in [0.25, 0.3) is 0 Å². The second-order valence-corrected chi connectivity index (χ2v) is 3.81. The molecule has 0 N–H and O–H groups in total. The van der Waals surface area contributed by atoms with Gasteiger partial charge in [0.1, 0.15) is 0 Å². The highest BCUT2D eigenvalue weighted by Crippen LogP contribution is 2.14. The minimum atomic E-state index is -0.0946. The molecule has 15 heavy (non-hydrogen) atoms. The molecule has 1 atom stereocenters. The molecule has 0 aromatic carbocycles. The van der Waals surface area contributed by atoms with Crippen molar-refractivity contribution in [1.29, 1.82) is 5.26 Å². The Morgan fingerprint density at radius 1 is 1.60 bits per heavy atom. The van der Waals surface area contributed by atoms with E-state index in [0.717, 1.165) is 11.4 Å². The molecule has 1 aromatic rings. The van der Waals surface area contributed by atoms with Crippen LogP contribution in [0.3, 0.4) is 0 Å². The summed E-state index contributed by atoms with van der Waals surface area (Å²) in [5.74, 6) is -0.0660. The van der Waals surface area contributed by atoms with Crippen LogP contribution < -0.4 is 0 Å². The molecule has 0 aliphatic rings. The predicted molar refractivity (Wildman–Crippen MR) is 56.5 cm³/mol. The summed E-state index contributed by atoms with van der Waals surface area (Å²) in [5, 5.41) is 13.0. The topological polar surface area (TPSA) is 58.7 Å². The van der Waals surface area contributed by atoms with Gasteiger partial charge in [-0.05, 0) is 27.7 Å². The van der Waals surface area contributed by atoms with Crippen LogP contribution in [-0.2, 0) is 6.54 Å². The van der Waals surface area contributed by atoms with Gasteiger partial charge in [0, 0.05) is 5.69 Å². The third-order valence-electron chi connectivity index (χ3n) is 2.40. The van der Waals surface area contributed by atoms with Crippen molar-refractivity contribution in [3.8, 4) is 6.07 Å². The molecule has 4 heteroatoms. The van der Waals surface area contributed by atoms with Gasteiger partial charge in [-0.2, -0.15) is 10.4 Å². The maximum Gasteiger partial charge on any atom is 0.163 e. The van der Waals surface area contributed by atoms with Crippen LogP contribution >= 0.6 is 0 Å². The number of aromatic nitrogens is 2. The fraction of sp³-hybridized carbons (Fsp3) is 0.545. The molecular weight excluding hydrogens is 190 g/mol. The molecule has 1 heterocycles. The first-order valence-electron chi connectivity index (χ1n) is 4.92. The molecule has 4 nitrogen and oxygen atoms in total. The maximum absolute atomic E-state index is 11.3. The average molecular weight is 205 g/mol. The van der Waals surface area contributed by atoms with Gasteiger partial charge in [-0.25, -0.2) is 0 Å². The zero-order chi connectivity index (χ0) is 11.6. The molecule has 0 saturated carbocycles. The fourth-order valence-corrected chi connectivity index (χ4v) is 1.68. The Morgan fingerprint density at radius 3 is 2.60 bits per heavy atom. The van der Waals surface area contributed by atoms with Crippen LogP contribution in [0.1, 0.15) is 35.6 Å². The van der Waals surface area contributed by atoms with E-state index in [1.54, 1.807) is 4.68 Å². The number of carbonyl (C=O) groups is 1. The summed E-state index contributed by atoms with van der Waals surface area (Å²) in [6.07, 6.45) is 0. The molecule has 1 aromatic heterocycles. The summed E-state index contributed by atoms with van der Waals surface area (Å²) in [7, 11) is 0. The van der Waals surface area contributed by atoms with E-state index in [1.807, 2.05) is 20.8 Å². The lowest BCUT2D eigenvalue weighted by molar-refractivity contribution is 0.101. The van der Waals surface area contributed by atoms with Crippen LogP contribution in [0, 0.1) is 31.1 Å². The van der Waals surface area contributed by atoms with E-state index in [9.17, 15) is 4.79 Å². The monoisotopic (exact) mass is 205 g/mol. The number of ketones is 1. The number of carbonyl (C=O) groups excluding carboxylic acids is 1. The molecule has 0 aliphatic heterocycles. The lowest BCUT2D eigenvalue weighted by Gasteiger charge is -2.05. The highest BCUT2D eigenvalue weighted by molar-refractivity contribution is 5.96. The summed E-state index contributed by atoms with van der Waals surface area (Å²) >= 11 is 0. The van der Waals surface area contributed by atoms with Crippen LogP contribution in [0.15, 0.2) is 0 Å². The number of rotatable bonds is 3. The third kappa shape index (κ3) is 2.24. The molecule has 0 aliphatic carbocycles. The van der Waals surface area contributed by atoms with Crippen LogP contribution in [0.2, 0.25) is 0 Å². The first-order chi connectivity index (χ1) is 6.97. The van der Waals surface area contributed by atoms with Crippen molar-refractivity contribution < 1.29 is 4.79 Å². The van der Waals surface area contributed by atoms with Gasteiger partial charge < -0.3 is 0 Å². The highest BCUT2D eigenvalue weighted by Gasteiger charge is 2.16. The first kappa shape index (κ1) is 11.4. The minimum Gasteiger partial charge on any atom is -0.294 e. The first-order valence-corrected chi connectivity index (χ1v) is 4.92. The molecule has 0 spiro atoms. The van der Waals surface area contributed by atoms with E-state index in [0.29, 0.717) is 12.1 Å². The van der Waals surface area contributed by atoms with E-state index < -0.39 is 0 Å². The largest absolute Gasteiger partial charge is 0.294 e. The zero-order valence-electron chi connectivity index (χ0n) is 9.53. The summed E-state index contributed by atoms with van der Waals surface area (Å²) in [6, 6.07) is 2.15. The van der Waals surface area contributed by atoms with E-state index >= 15 is 0 Å². The molecule has 1 rings (SSSR count). The highest BCUT2D eigenvalue weighted by atomic mass is 16.1. The number of nitrogens with zero attached hydrogens (tertiary/aromatic N) is 3. The van der Waals surface area contributed by atoms with E-state index in [2.05, 4.69) is 11.2 Å². The Kier molecular flexibility index (Phi) is 3.25. The smallest absolute Gasteiger partial charge is 0.163 e. The Bertz CT molecular complexity index is 426. The van der Waals surface area contributed by atoms with Gasteiger partial charge in [0.15, 0.2) is 5.78 Å². The second kappa shape index (κ2) is 4.26. The Morgan fingerprint density at radius 2 is 2.20 bits per heavy atom. The van der Waals surface area contributed by atoms with Crippen LogP contribution in [0.4, 0.5) is 0 Å². The fourth-order valence-electron chi connectivity index (χ4n) is 1.68.